The topological polar surface area (TPSA) is 9.23 Å². The highest BCUT2D eigenvalue weighted by atomic mass is 28.2. The Balaban J connectivity index is 2.14. The molecule has 2 rings (SSSR count). The highest BCUT2D eigenvalue weighted by Crippen LogP contribution is 2.35. The number of hydrogen-bond acceptors (Lipinski definition) is 1. The summed E-state index contributed by atoms with van der Waals surface area (Å²) >= 11 is 0. The number of rotatable bonds is 1. The molecule has 0 saturated carbocycles. The van der Waals surface area contributed by atoms with Crippen molar-refractivity contribution in [2.75, 3.05) is 0 Å². The minimum absolute atomic E-state index is 0.845. The van der Waals surface area contributed by atoms with Crippen LogP contribution < -0.4 is 0 Å². The van der Waals surface area contributed by atoms with Crippen LogP contribution in [-0.2, 0) is 4.43 Å². The van der Waals surface area contributed by atoms with Crippen molar-refractivity contribution in [3.05, 3.63) is 23.0 Å². The molecule has 0 aromatic rings. The van der Waals surface area contributed by atoms with Crippen molar-refractivity contribution in [3.63, 3.8) is 0 Å². The normalized spacial score (nSPS) is 23.5. The molecule has 0 unspecified atom stereocenters. The number of hydrogen-bond donors (Lipinski definition) is 0. The second kappa shape index (κ2) is 2.86. The Kier molecular flexibility index (Phi) is 1.86. The first-order chi connectivity index (χ1) is 5.40. The monoisotopic (exact) mass is 166 g/mol. The molecule has 0 aromatic heterocycles. The highest BCUT2D eigenvalue weighted by Gasteiger charge is 2.18. The van der Waals surface area contributed by atoms with Crippen LogP contribution in [0.25, 0.3) is 0 Å². The van der Waals surface area contributed by atoms with Crippen LogP contribution in [0.3, 0.4) is 0 Å². The molecule has 0 spiro atoms. The molecule has 0 saturated heterocycles. The van der Waals surface area contributed by atoms with Crippen LogP contribution in [0.15, 0.2) is 23.0 Å². The van der Waals surface area contributed by atoms with E-state index in [1.165, 1.54) is 31.4 Å². The summed E-state index contributed by atoms with van der Waals surface area (Å²) in [6.07, 6.45) is 8.77. The van der Waals surface area contributed by atoms with E-state index in [9.17, 15) is 0 Å². The first-order valence-electron chi connectivity index (χ1n) is 4.35. The van der Waals surface area contributed by atoms with E-state index in [0.29, 0.717) is 0 Å². The van der Waals surface area contributed by atoms with Gasteiger partial charge >= 0.3 is 0 Å². The Bertz CT molecular complexity index is 228. The predicted molar refractivity (Wildman–Crippen MR) is 49.2 cm³/mol. The quantitative estimate of drug-likeness (QED) is 0.536. The van der Waals surface area contributed by atoms with E-state index >= 15 is 0 Å². The molecule has 1 nitrogen and oxygen atoms in total. The predicted octanol–water partition coefficient (Wildman–Crippen LogP) is 1.44. The van der Waals surface area contributed by atoms with Crippen molar-refractivity contribution >= 4 is 10.5 Å². The molecule has 11 heavy (non-hydrogen) atoms. The maximum atomic E-state index is 5.36. The fourth-order valence-corrected chi connectivity index (χ4v) is 2.22. The summed E-state index contributed by atoms with van der Waals surface area (Å²) in [6.45, 7) is 0. The Morgan fingerprint density at radius 1 is 1.27 bits per heavy atom. The zero-order valence-electron chi connectivity index (χ0n) is 7.02. The first-order valence-corrected chi connectivity index (χ1v) is 5.17. The summed E-state index contributed by atoms with van der Waals surface area (Å²) in [5.74, 6) is 1.23. The van der Waals surface area contributed by atoms with Gasteiger partial charge in [-0.25, -0.2) is 0 Å². The van der Waals surface area contributed by atoms with Gasteiger partial charge in [-0.05, 0) is 37.3 Å². The molecule has 0 fully saturated rings. The molecular weight excluding hydrogens is 152 g/mol. The molecule has 0 atom stereocenters. The fourth-order valence-electron chi connectivity index (χ4n) is 1.95. The van der Waals surface area contributed by atoms with Gasteiger partial charge in [-0.15, -0.1) is 0 Å². The summed E-state index contributed by atoms with van der Waals surface area (Å²) in [5.41, 5.74) is 3.24. The summed E-state index contributed by atoms with van der Waals surface area (Å²) in [7, 11) is 0.845. The fraction of sp³-hybridized carbons (Fsp3) is 0.556. The van der Waals surface area contributed by atoms with Gasteiger partial charge in [0.2, 0.25) is 10.5 Å². The van der Waals surface area contributed by atoms with Crippen LogP contribution in [0.4, 0.5) is 0 Å². The molecule has 60 valence electrons. The summed E-state index contributed by atoms with van der Waals surface area (Å²) in [6, 6.07) is 0. The van der Waals surface area contributed by atoms with Gasteiger partial charge in [-0.2, -0.15) is 0 Å². The van der Waals surface area contributed by atoms with Crippen molar-refractivity contribution in [3.8, 4) is 0 Å². The maximum Gasteiger partial charge on any atom is 0.203 e. The second-order valence-corrected chi connectivity index (χ2v) is 3.74. The molecular formula is C9H14OSi. The molecule has 0 heterocycles. The summed E-state index contributed by atoms with van der Waals surface area (Å²) in [4.78, 5) is 0. The van der Waals surface area contributed by atoms with Crippen LogP contribution in [0.2, 0.25) is 0 Å². The minimum atomic E-state index is 0.845. The van der Waals surface area contributed by atoms with Gasteiger partial charge in [-0.1, -0.05) is 5.57 Å². The lowest BCUT2D eigenvalue weighted by Gasteiger charge is -2.12. The van der Waals surface area contributed by atoms with Crippen LogP contribution in [0, 0.1) is 0 Å². The largest absolute Gasteiger partial charge is 0.556 e. The van der Waals surface area contributed by atoms with Gasteiger partial charge in [0.15, 0.2) is 0 Å². The van der Waals surface area contributed by atoms with E-state index in [4.69, 9.17) is 4.43 Å². The lowest BCUT2D eigenvalue weighted by atomic mass is 9.94. The van der Waals surface area contributed by atoms with Crippen molar-refractivity contribution < 1.29 is 4.43 Å². The molecule has 2 heteroatoms. The zero-order chi connectivity index (χ0) is 7.68. The van der Waals surface area contributed by atoms with E-state index in [1.807, 2.05) is 0 Å². The van der Waals surface area contributed by atoms with Gasteiger partial charge in [0, 0.05) is 6.42 Å². The SMILES string of the molecule is [SiH3]OC1=CC2=C(CCCC2)C1. The van der Waals surface area contributed by atoms with Gasteiger partial charge in [0.25, 0.3) is 0 Å². The first kappa shape index (κ1) is 7.16. The Morgan fingerprint density at radius 3 is 2.82 bits per heavy atom. The van der Waals surface area contributed by atoms with E-state index in [2.05, 4.69) is 6.08 Å². The molecule has 0 radical (unpaired) electrons. The van der Waals surface area contributed by atoms with Crippen LogP contribution in [0.1, 0.15) is 32.1 Å². The standard InChI is InChI=1S/C9H14OSi/c11-10-9-5-7-3-1-2-4-8(7)6-9/h5H,1-4,6H2,11H3. The lowest BCUT2D eigenvalue weighted by molar-refractivity contribution is 0.457. The van der Waals surface area contributed by atoms with Crippen molar-refractivity contribution in [1.29, 1.82) is 0 Å². The molecule has 0 amide bonds. The smallest absolute Gasteiger partial charge is 0.203 e. The molecule has 2 aliphatic carbocycles. The molecule has 0 bridgehead atoms. The molecule has 0 aromatic carbocycles. The van der Waals surface area contributed by atoms with Crippen LogP contribution >= 0.6 is 0 Å². The third-order valence-electron chi connectivity index (χ3n) is 2.61. The third kappa shape index (κ3) is 1.27. The van der Waals surface area contributed by atoms with E-state index < -0.39 is 0 Å². The van der Waals surface area contributed by atoms with Gasteiger partial charge in [0.1, 0.15) is 0 Å². The average molecular weight is 166 g/mol. The average Bonchev–Trinajstić information content (AvgIpc) is 2.46. The molecule has 0 N–H and O–H groups in total. The lowest BCUT2D eigenvalue weighted by Crippen LogP contribution is -1.93. The van der Waals surface area contributed by atoms with Crippen molar-refractivity contribution in [2.45, 2.75) is 32.1 Å². The Hall–Kier alpha value is -0.503. The summed E-state index contributed by atoms with van der Waals surface area (Å²) in [5, 5.41) is 0. The van der Waals surface area contributed by atoms with E-state index in [0.717, 1.165) is 16.9 Å². The van der Waals surface area contributed by atoms with Crippen LogP contribution in [-0.4, -0.2) is 10.5 Å². The third-order valence-corrected chi connectivity index (χ3v) is 3.14. The van der Waals surface area contributed by atoms with E-state index in [1.54, 1.807) is 11.1 Å². The van der Waals surface area contributed by atoms with Crippen molar-refractivity contribution in [2.24, 2.45) is 0 Å². The maximum absolute atomic E-state index is 5.36. The van der Waals surface area contributed by atoms with Crippen molar-refractivity contribution in [1.82, 2.24) is 0 Å². The zero-order valence-corrected chi connectivity index (χ0v) is 9.02. The Labute approximate surface area is 70.7 Å². The van der Waals surface area contributed by atoms with Gasteiger partial charge in [-0.3, -0.25) is 0 Å². The number of allylic oxidation sites excluding steroid dienone is 3. The van der Waals surface area contributed by atoms with E-state index in [-0.39, 0.29) is 0 Å². The second-order valence-electron chi connectivity index (χ2n) is 3.33. The minimum Gasteiger partial charge on any atom is -0.556 e. The van der Waals surface area contributed by atoms with Gasteiger partial charge in [0.05, 0.1) is 5.76 Å². The molecule has 2 aliphatic rings. The summed E-state index contributed by atoms with van der Waals surface area (Å²) < 4.78 is 5.36. The highest BCUT2D eigenvalue weighted by molar-refractivity contribution is 5.98. The Morgan fingerprint density at radius 2 is 2.09 bits per heavy atom. The molecule has 0 aliphatic heterocycles. The van der Waals surface area contributed by atoms with Gasteiger partial charge < -0.3 is 4.43 Å². The van der Waals surface area contributed by atoms with Crippen LogP contribution in [0.5, 0.6) is 0 Å².